The van der Waals surface area contributed by atoms with Gasteiger partial charge in [0.05, 0.1) is 12.3 Å². The fourth-order valence-electron chi connectivity index (χ4n) is 2.86. The van der Waals surface area contributed by atoms with E-state index in [0.717, 1.165) is 22.6 Å². The van der Waals surface area contributed by atoms with E-state index in [1.165, 1.54) is 11.8 Å². The molecule has 4 aromatic rings. The standard InChI is InChI=1S/C22H19N5OS/c28-20(24-19-11-5-2-6-12-19)16-29-22-26-25-21(18-10-7-13-23-14-18)27(22)15-17-8-3-1-4-9-17/h1-14H,15-16H2,(H,24,28). The topological polar surface area (TPSA) is 72.7 Å². The van der Waals surface area contributed by atoms with Crippen molar-refractivity contribution in [1.82, 2.24) is 19.7 Å². The summed E-state index contributed by atoms with van der Waals surface area (Å²) >= 11 is 1.37. The number of rotatable bonds is 7. The third-order valence-electron chi connectivity index (χ3n) is 4.21. The molecule has 0 spiro atoms. The molecule has 0 saturated heterocycles. The van der Waals surface area contributed by atoms with E-state index >= 15 is 0 Å². The Hall–Kier alpha value is -3.45. The van der Waals surface area contributed by atoms with E-state index in [2.05, 4.69) is 32.6 Å². The molecule has 0 bridgehead atoms. The molecule has 29 heavy (non-hydrogen) atoms. The lowest BCUT2D eigenvalue weighted by Crippen LogP contribution is -2.14. The van der Waals surface area contributed by atoms with Gasteiger partial charge in [-0.3, -0.25) is 14.3 Å². The number of amides is 1. The van der Waals surface area contributed by atoms with Gasteiger partial charge in [-0.2, -0.15) is 0 Å². The van der Waals surface area contributed by atoms with Gasteiger partial charge < -0.3 is 5.32 Å². The SMILES string of the molecule is O=C(CSc1nnc(-c2cccnc2)n1Cc1ccccc1)Nc1ccccc1. The second kappa shape index (κ2) is 9.16. The maximum absolute atomic E-state index is 12.3. The number of thioether (sulfide) groups is 1. The average molecular weight is 401 g/mol. The molecule has 0 fully saturated rings. The largest absolute Gasteiger partial charge is 0.325 e. The minimum Gasteiger partial charge on any atom is -0.325 e. The number of hydrogen-bond donors (Lipinski definition) is 1. The van der Waals surface area contributed by atoms with Crippen molar-refractivity contribution in [2.45, 2.75) is 11.7 Å². The zero-order chi connectivity index (χ0) is 19.9. The number of nitrogens with one attached hydrogen (secondary N) is 1. The Morgan fingerprint density at radius 1 is 0.931 bits per heavy atom. The van der Waals surface area contributed by atoms with E-state index in [4.69, 9.17) is 0 Å². The molecule has 2 heterocycles. The molecule has 2 aromatic carbocycles. The summed E-state index contributed by atoms with van der Waals surface area (Å²) in [6.07, 6.45) is 3.49. The molecule has 0 aliphatic carbocycles. The zero-order valence-corrected chi connectivity index (χ0v) is 16.4. The normalized spacial score (nSPS) is 10.6. The summed E-state index contributed by atoms with van der Waals surface area (Å²) < 4.78 is 2.02. The Kier molecular flexibility index (Phi) is 5.97. The lowest BCUT2D eigenvalue weighted by Gasteiger charge is -2.10. The number of aromatic nitrogens is 4. The number of hydrogen-bond acceptors (Lipinski definition) is 5. The van der Waals surface area contributed by atoms with Crippen LogP contribution in [0.1, 0.15) is 5.56 Å². The van der Waals surface area contributed by atoms with Crippen LogP contribution in [0, 0.1) is 0 Å². The highest BCUT2D eigenvalue weighted by atomic mass is 32.2. The summed E-state index contributed by atoms with van der Waals surface area (Å²) in [5.41, 5.74) is 2.80. The van der Waals surface area contributed by atoms with Crippen LogP contribution in [0.4, 0.5) is 5.69 Å². The Balaban J connectivity index is 1.54. The smallest absolute Gasteiger partial charge is 0.234 e. The number of benzene rings is 2. The molecule has 4 rings (SSSR count). The van der Waals surface area contributed by atoms with Crippen molar-refractivity contribution in [3.05, 3.63) is 90.8 Å². The van der Waals surface area contributed by atoms with Crippen LogP contribution in [-0.2, 0) is 11.3 Å². The molecule has 1 amide bonds. The number of para-hydroxylation sites is 1. The highest BCUT2D eigenvalue weighted by Crippen LogP contribution is 2.25. The van der Waals surface area contributed by atoms with Gasteiger partial charge in [0.15, 0.2) is 11.0 Å². The summed E-state index contributed by atoms with van der Waals surface area (Å²) in [5, 5.41) is 12.3. The monoisotopic (exact) mass is 401 g/mol. The van der Waals surface area contributed by atoms with Crippen molar-refractivity contribution in [2.75, 3.05) is 11.1 Å². The molecule has 7 heteroatoms. The highest BCUT2D eigenvalue weighted by molar-refractivity contribution is 7.99. The first-order valence-corrected chi connectivity index (χ1v) is 10.1. The summed E-state index contributed by atoms with van der Waals surface area (Å²) in [7, 11) is 0. The van der Waals surface area contributed by atoms with Crippen molar-refractivity contribution in [3.63, 3.8) is 0 Å². The molecule has 0 aliphatic rings. The van der Waals surface area contributed by atoms with Crippen molar-refractivity contribution >= 4 is 23.4 Å². The van der Waals surface area contributed by atoms with Gasteiger partial charge in [0.2, 0.25) is 5.91 Å². The Morgan fingerprint density at radius 3 is 2.41 bits per heavy atom. The minimum absolute atomic E-state index is 0.0848. The summed E-state index contributed by atoms with van der Waals surface area (Å²) in [6, 6.07) is 23.4. The Labute approximate surface area is 173 Å². The van der Waals surface area contributed by atoms with Gasteiger partial charge >= 0.3 is 0 Å². The van der Waals surface area contributed by atoms with Gasteiger partial charge in [-0.05, 0) is 29.8 Å². The van der Waals surface area contributed by atoms with Crippen molar-refractivity contribution in [2.24, 2.45) is 0 Å². The predicted molar refractivity (Wildman–Crippen MR) is 115 cm³/mol. The maximum atomic E-state index is 12.3. The third kappa shape index (κ3) is 4.89. The average Bonchev–Trinajstić information content (AvgIpc) is 3.17. The van der Waals surface area contributed by atoms with Crippen LogP contribution in [0.3, 0.4) is 0 Å². The molecule has 0 aliphatic heterocycles. The van der Waals surface area contributed by atoms with Gasteiger partial charge in [-0.1, -0.05) is 60.3 Å². The van der Waals surface area contributed by atoms with Crippen LogP contribution in [0.2, 0.25) is 0 Å². The first-order chi connectivity index (χ1) is 14.3. The van der Waals surface area contributed by atoms with Crippen LogP contribution in [0.5, 0.6) is 0 Å². The highest BCUT2D eigenvalue weighted by Gasteiger charge is 2.16. The van der Waals surface area contributed by atoms with Crippen LogP contribution in [0.15, 0.2) is 90.3 Å². The van der Waals surface area contributed by atoms with Gasteiger partial charge in [-0.25, -0.2) is 0 Å². The zero-order valence-electron chi connectivity index (χ0n) is 15.6. The fourth-order valence-corrected chi connectivity index (χ4v) is 3.60. The predicted octanol–water partition coefficient (Wildman–Crippen LogP) is 4.12. The number of anilines is 1. The van der Waals surface area contributed by atoms with Gasteiger partial charge in [-0.15, -0.1) is 10.2 Å². The van der Waals surface area contributed by atoms with E-state index in [1.54, 1.807) is 12.4 Å². The molecule has 1 N–H and O–H groups in total. The molecule has 144 valence electrons. The van der Waals surface area contributed by atoms with Crippen LogP contribution in [0.25, 0.3) is 11.4 Å². The number of carbonyl (C=O) groups is 1. The molecule has 0 atom stereocenters. The lowest BCUT2D eigenvalue weighted by molar-refractivity contribution is -0.113. The Bertz CT molecular complexity index is 1070. The van der Waals surface area contributed by atoms with E-state index in [-0.39, 0.29) is 11.7 Å². The maximum Gasteiger partial charge on any atom is 0.234 e. The van der Waals surface area contributed by atoms with Crippen molar-refractivity contribution in [3.8, 4) is 11.4 Å². The molecule has 0 radical (unpaired) electrons. The molecule has 0 unspecified atom stereocenters. The number of carbonyl (C=O) groups excluding carboxylic acids is 1. The first-order valence-electron chi connectivity index (χ1n) is 9.15. The second-order valence-corrected chi connectivity index (χ2v) is 7.27. The second-order valence-electron chi connectivity index (χ2n) is 6.32. The number of pyridine rings is 1. The van der Waals surface area contributed by atoms with Crippen LogP contribution >= 0.6 is 11.8 Å². The fraction of sp³-hybridized carbons (Fsp3) is 0.0909. The third-order valence-corrected chi connectivity index (χ3v) is 5.18. The molecular weight excluding hydrogens is 382 g/mol. The van der Waals surface area contributed by atoms with E-state index < -0.39 is 0 Å². The number of nitrogens with zero attached hydrogens (tertiary/aromatic N) is 4. The van der Waals surface area contributed by atoms with Gasteiger partial charge in [0, 0.05) is 23.6 Å². The summed E-state index contributed by atoms with van der Waals surface area (Å²) in [5.74, 6) is 0.890. The molecule has 2 aromatic heterocycles. The van der Waals surface area contributed by atoms with Crippen LogP contribution in [-0.4, -0.2) is 31.4 Å². The quantitative estimate of drug-likeness (QED) is 0.472. The minimum atomic E-state index is -0.0848. The van der Waals surface area contributed by atoms with Crippen molar-refractivity contribution in [1.29, 1.82) is 0 Å². The van der Waals surface area contributed by atoms with Crippen LogP contribution < -0.4 is 5.32 Å². The van der Waals surface area contributed by atoms with E-state index in [9.17, 15) is 4.79 Å². The van der Waals surface area contributed by atoms with Crippen molar-refractivity contribution < 1.29 is 4.79 Å². The van der Waals surface area contributed by atoms with E-state index in [0.29, 0.717) is 11.7 Å². The van der Waals surface area contributed by atoms with Gasteiger partial charge in [0.25, 0.3) is 0 Å². The molecular formula is C22H19N5OS. The van der Waals surface area contributed by atoms with Gasteiger partial charge in [0.1, 0.15) is 0 Å². The summed E-state index contributed by atoms with van der Waals surface area (Å²) in [6.45, 7) is 0.612. The first kappa shape index (κ1) is 18.9. The lowest BCUT2D eigenvalue weighted by atomic mass is 10.2. The Morgan fingerprint density at radius 2 is 1.69 bits per heavy atom. The molecule has 6 nitrogen and oxygen atoms in total. The molecule has 0 saturated carbocycles. The summed E-state index contributed by atoms with van der Waals surface area (Å²) in [4.78, 5) is 16.5. The van der Waals surface area contributed by atoms with E-state index in [1.807, 2.05) is 65.2 Å².